The molecule has 0 aliphatic carbocycles. The summed E-state index contributed by atoms with van der Waals surface area (Å²) in [6.45, 7) is 4.98. The number of aromatic nitrogens is 1. The number of Topliss-reactive ketones (excluding diaryl/α,β-unsaturated/α-hetero) is 1. The predicted octanol–water partition coefficient (Wildman–Crippen LogP) is 10.4. The Morgan fingerprint density at radius 2 is 1.57 bits per heavy atom. The molecule has 1 saturated heterocycles. The number of hydrogen-bond donors (Lipinski definition) is 2. The molecule has 0 radical (unpaired) electrons. The zero-order valence-electron chi connectivity index (χ0n) is 34.5. The van der Waals surface area contributed by atoms with Crippen LogP contribution < -0.4 is 10.1 Å². The van der Waals surface area contributed by atoms with Crippen molar-refractivity contribution in [1.82, 2.24) is 14.8 Å². The second-order valence-electron chi connectivity index (χ2n) is 15.4. The smallest absolute Gasteiger partial charge is 0.365 e. The number of nitrogens with one attached hydrogen (secondary N) is 1. The van der Waals surface area contributed by atoms with E-state index in [-0.39, 0.29) is 47.7 Å². The molecular weight excluding hydrogens is 784 g/mol. The maximum absolute atomic E-state index is 14.4. The fraction of sp³-hybridized carbons (Fsp3) is 0.614. The number of carbonyl (C=O) groups is 3. The number of carbonyl (C=O) groups excluding carboxylic acids is 3. The molecule has 1 fully saturated rings. The molecule has 1 aromatic heterocycles. The van der Waals surface area contributed by atoms with Gasteiger partial charge in [0.1, 0.15) is 24.2 Å². The third kappa shape index (κ3) is 15.7. The van der Waals surface area contributed by atoms with E-state index in [0.29, 0.717) is 55.5 Å². The zero-order chi connectivity index (χ0) is 41.8. The van der Waals surface area contributed by atoms with Crippen LogP contribution in [0, 0.1) is 5.82 Å². The second kappa shape index (κ2) is 25.4. The van der Waals surface area contributed by atoms with E-state index in [0.717, 1.165) is 12.8 Å². The molecule has 2 N–H and O–H groups in total. The Hall–Kier alpha value is -3.28. The number of ether oxygens (including phenoxy) is 2. The molecule has 1 aliphatic rings. The van der Waals surface area contributed by atoms with Crippen molar-refractivity contribution in [2.45, 2.75) is 142 Å². The number of hydrogen-bond acceptors (Lipinski definition) is 7. The number of fused-ring (bicyclic) bond motifs is 1. The molecule has 322 valence electrons. The number of halogens is 2. The average Bonchev–Trinajstić information content (AvgIpc) is 3.84. The Morgan fingerprint density at radius 3 is 2.24 bits per heavy atom. The summed E-state index contributed by atoms with van der Waals surface area (Å²) in [6, 6.07) is 8.69. The summed E-state index contributed by atoms with van der Waals surface area (Å²) in [7, 11) is -4.08. The van der Waals surface area contributed by atoms with Crippen molar-refractivity contribution in [2.75, 3.05) is 32.7 Å². The lowest BCUT2D eigenvalue weighted by Gasteiger charge is -2.24. The van der Waals surface area contributed by atoms with Gasteiger partial charge in [0.15, 0.2) is 12.1 Å². The number of benzene rings is 2. The van der Waals surface area contributed by atoms with Crippen molar-refractivity contribution in [3.8, 4) is 5.75 Å². The lowest BCUT2D eigenvalue weighted by atomic mass is 10.0. The van der Waals surface area contributed by atoms with Gasteiger partial charge in [0, 0.05) is 55.1 Å². The first kappa shape index (κ1) is 47.4. The average molecular weight is 848 g/mol. The quantitative estimate of drug-likeness (QED) is 0.0400. The SMILES string of the molecule is CCCCCCCCCCCCCCCCOCCCOP(=O)(O)COc1ccc2c(C(C)=O)cn(CC(=O)N3CCC[C@H]3C(=O)NCc3cccc(Cl)c3F)c2c1. The molecule has 2 heterocycles. The molecule has 0 spiro atoms. The van der Waals surface area contributed by atoms with Crippen LogP contribution in [0.1, 0.15) is 139 Å². The minimum absolute atomic E-state index is 0.0397. The molecular formula is C44H64ClFN3O8P. The van der Waals surface area contributed by atoms with E-state index in [2.05, 4.69) is 12.2 Å². The van der Waals surface area contributed by atoms with Crippen LogP contribution in [0.5, 0.6) is 5.75 Å². The summed E-state index contributed by atoms with van der Waals surface area (Å²) in [5.74, 6) is -1.27. The van der Waals surface area contributed by atoms with Gasteiger partial charge in [-0.3, -0.25) is 18.9 Å². The monoisotopic (exact) mass is 847 g/mol. The molecule has 2 amide bonds. The van der Waals surface area contributed by atoms with Gasteiger partial charge in [-0.1, -0.05) is 114 Å². The van der Waals surface area contributed by atoms with Gasteiger partial charge in [-0.05, 0) is 50.8 Å². The molecule has 2 aromatic carbocycles. The Labute approximate surface area is 348 Å². The van der Waals surface area contributed by atoms with E-state index in [4.69, 9.17) is 25.6 Å². The summed E-state index contributed by atoms with van der Waals surface area (Å²) in [5.41, 5.74) is 1.15. The molecule has 1 unspecified atom stereocenters. The highest BCUT2D eigenvalue weighted by molar-refractivity contribution is 7.52. The number of ketones is 1. The van der Waals surface area contributed by atoms with Gasteiger partial charge in [-0.15, -0.1) is 0 Å². The van der Waals surface area contributed by atoms with Gasteiger partial charge in [0.05, 0.1) is 17.1 Å². The Bertz CT molecular complexity index is 1810. The van der Waals surface area contributed by atoms with Crippen LogP contribution in [0.4, 0.5) is 4.39 Å². The summed E-state index contributed by atoms with van der Waals surface area (Å²) in [4.78, 5) is 51.2. The van der Waals surface area contributed by atoms with E-state index >= 15 is 0 Å². The highest BCUT2D eigenvalue weighted by Crippen LogP contribution is 2.42. The first-order valence-electron chi connectivity index (χ1n) is 21.3. The van der Waals surface area contributed by atoms with Crippen LogP contribution in [-0.2, 0) is 36.5 Å². The third-order valence-electron chi connectivity index (χ3n) is 10.7. The number of likely N-dealkylation sites (tertiary alicyclic amines) is 1. The van der Waals surface area contributed by atoms with Crippen molar-refractivity contribution < 1.29 is 42.2 Å². The van der Waals surface area contributed by atoms with E-state index in [9.17, 15) is 28.2 Å². The highest BCUT2D eigenvalue weighted by Gasteiger charge is 2.34. The maximum atomic E-state index is 14.4. The number of unbranched alkanes of at least 4 members (excludes halogenated alkanes) is 13. The van der Waals surface area contributed by atoms with Gasteiger partial charge in [-0.2, -0.15) is 0 Å². The van der Waals surface area contributed by atoms with Crippen molar-refractivity contribution in [2.24, 2.45) is 0 Å². The van der Waals surface area contributed by atoms with E-state index < -0.39 is 31.7 Å². The van der Waals surface area contributed by atoms with Crippen LogP contribution in [0.25, 0.3) is 10.9 Å². The minimum Gasteiger partial charge on any atom is -0.481 e. The molecule has 0 saturated carbocycles. The van der Waals surface area contributed by atoms with Crippen molar-refractivity contribution in [3.63, 3.8) is 0 Å². The molecule has 11 nitrogen and oxygen atoms in total. The van der Waals surface area contributed by atoms with Crippen molar-refractivity contribution >= 4 is 47.7 Å². The summed E-state index contributed by atoms with van der Waals surface area (Å²) >= 11 is 5.87. The fourth-order valence-corrected chi connectivity index (χ4v) is 8.39. The summed E-state index contributed by atoms with van der Waals surface area (Å²) < 4.78 is 45.4. The largest absolute Gasteiger partial charge is 0.481 e. The highest BCUT2D eigenvalue weighted by atomic mass is 35.5. The molecule has 3 aromatic rings. The maximum Gasteiger partial charge on any atom is 0.365 e. The lowest BCUT2D eigenvalue weighted by Crippen LogP contribution is -2.46. The standard InChI is InChI=1S/C44H64ClFN3O8P/c1-3-4-5-6-7-8-9-10-11-12-13-14-15-16-26-55-27-19-28-57-58(53,54)33-56-36-23-24-37-38(34(2)50)31-48(41(37)29-36)32-42(51)49-25-18-22-40(49)44(52)47-30-35-20-17-21-39(45)43(35)46/h17,20-21,23-24,29,31,40H,3-16,18-19,22,25-28,30,32-33H2,1-2H3,(H,47,52)(H,53,54)/t40-/m0/s1. The third-order valence-corrected chi connectivity index (χ3v) is 12.0. The molecule has 1 aliphatic heterocycles. The van der Waals surface area contributed by atoms with Crippen LogP contribution >= 0.6 is 19.2 Å². The molecule has 2 atom stereocenters. The fourth-order valence-electron chi connectivity index (χ4n) is 7.39. The van der Waals surface area contributed by atoms with E-state index in [1.165, 1.54) is 101 Å². The normalized spacial score (nSPS) is 15.2. The Morgan fingerprint density at radius 1 is 0.914 bits per heavy atom. The summed E-state index contributed by atoms with van der Waals surface area (Å²) in [6.07, 6.45) is 20.8. The number of rotatable bonds is 29. The first-order valence-corrected chi connectivity index (χ1v) is 23.5. The molecule has 14 heteroatoms. The Kier molecular flexibility index (Phi) is 20.7. The first-order chi connectivity index (χ1) is 28.0. The zero-order valence-corrected chi connectivity index (χ0v) is 36.1. The molecule has 0 bridgehead atoms. The number of amides is 2. The molecule has 4 rings (SSSR count). The van der Waals surface area contributed by atoms with Gasteiger partial charge >= 0.3 is 7.60 Å². The van der Waals surface area contributed by atoms with Crippen LogP contribution in [0.2, 0.25) is 5.02 Å². The second-order valence-corrected chi connectivity index (χ2v) is 17.6. The van der Waals surface area contributed by atoms with Gasteiger partial charge in [0.25, 0.3) is 0 Å². The Balaban J connectivity index is 1.15. The molecule has 58 heavy (non-hydrogen) atoms. The summed E-state index contributed by atoms with van der Waals surface area (Å²) in [5, 5.41) is 3.27. The van der Waals surface area contributed by atoms with Crippen LogP contribution in [-0.4, -0.2) is 70.7 Å². The lowest BCUT2D eigenvalue weighted by molar-refractivity contribution is -0.138. The van der Waals surface area contributed by atoms with Gasteiger partial charge < -0.3 is 33.7 Å². The van der Waals surface area contributed by atoms with E-state index in [1.54, 1.807) is 35.0 Å². The topological polar surface area (TPSA) is 136 Å². The van der Waals surface area contributed by atoms with Gasteiger partial charge in [-0.25, -0.2) is 4.39 Å². The van der Waals surface area contributed by atoms with Crippen LogP contribution in [0.15, 0.2) is 42.6 Å². The van der Waals surface area contributed by atoms with Gasteiger partial charge in [0.2, 0.25) is 11.8 Å². The minimum atomic E-state index is -4.08. The predicted molar refractivity (Wildman–Crippen MR) is 227 cm³/mol. The van der Waals surface area contributed by atoms with Crippen molar-refractivity contribution in [1.29, 1.82) is 0 Å². The van der Waals surface area contributed by atoms with Crippen LogP contribution in [0.3, 0.4) is 0 Å². The van der Waals surface area contributed by atoms with E-state index in [1.807, 2.05) is 0 Å². The number of nitrogens with zero attached hydrogens (tertiary/aromatic N) is 2. The van der Waals surface area contributed by atoms with Crippen molar-refractivity contribution in [3.05, 3.63) is 64.6 Å².